The second-order valence-corrected chi connectivity index (χ2v) is 4.98. The highest BCUT2D eigenvalue weighted by Gasteiger charge is 2.30. The van der Waals surface area contributed by atoms with Crippen molar-refractivity contribution in [2.75, 3.05) is 37.9 Å². The van der Waals surface area contributed by atoms with Gasteiger partial charge in [0.1, 0.15) is 5.82 Å². The molecular formula is C14H20FN3O2. The minimum atomic E-state index is -0.484. The van der Waals surface area contributed by atoms with Crippen LogP contribution < -0.4 is 11.1 Å². The Morgan fingerprint density at radius 2 is 2.30 bits per heavy atom. The number of methoxy groups -OCH3 is 1. The maximum absolute atomic E-state index is 13.5. The summed E-state index contributed by atoms with van der Waals surface area (Å²) >= 11 is 0. The van der Waals surface area contributed by atoms with Crippen molar-refractivity contribution in [2.45, 2.75) is 18.9 Å². The van der Waals surface area contributed by atoms with E-state index in [1.54, 1.807) is 7.11 Å². The van der Waals surface area contributed by atoms with Crippen LogP contribution in [0.4, 0.5) is 15.8 Å². The third kappa shape index (κ3) is 4.18. The number of carbonyl (C=O) groups excluding carboxylic acids is 1. The minimum absolute atomic E-state index is 0.123. The predicted molar refractivity (Wildman–Crippen MR) is 75.9 cm³/mol. The van der Waals surface area contributed by atoms with E-state index in [1.165, 1.54) is 18.2 Å². The Bertz CT molecular complexity index is 477. The van der Waals surface area contributed by atoms with E-state index in [1.807, 2.05) is 0 Å². The lowest BCUT2D eigenvalue weighted by Gasteiger charge is -2.20. The molecule has 0 spiro atoms. The second-order valence-electron chi connectivity index (χ2n) is 4.98. The van der Waals surface area contributed by atoms with E-state index in [-0.39, 0.29) is 18.1 Å². The first kappa shape index (κ1) is 14.7. The molecule has 3 N–H and O–H groups in total. The third-order valence-corrected chi connectivity index (χ3v) is 3.26. The molecule has 110 valence electrons. The molecule has 1 aliphatic rings. The second kappa shape index (κ2) is 6.67. The van der Waals surface area contributed by atoms with E-state index in [0.29, 0.717) is 24.9 Å². The van der Waals surface area contributed by atoms with Gasteiger partial charge in [-0.2, -0.15) is 0 Å². The van der Waals surface area contributed by atoms with Gasteiger partial charge in [-0.3, -0.25) is 9.69 Å². The monoisotopic (exact) mass is 281 g/mol. The SMILES string of the molecule is COCCN(CC(=O)Nc1cc(N)ccc1F)C1CC1. The van der Waals surface area contributed by atoms with Crippen molar-refractivity contribution in [1.82, 2.24) is 4.90 Å². The summed E-state index contributed by atoms with van der Waals surface area (Å²) in [4.78, 5) is 14.0. The summed E-state index contributed by atoms with van der Waals surface area (Å²) in [6, 6.07) is 4.57. The summed E-state index contributed by atoms with van der Waals surface area (Å²) < 4.78 is 18.6. The van der Waals surface area contributed by atoms with Gasteiger partial charge >= 0.3 is 0 Å². The van der Waals surface area contributed by atoms with Crippen molar-refractivity contribution >= 4 is 17.3 Å². The van der Waals surface area contributed by atoms with E-state index in [0.717, 1.165) is 12.8 Å². The fourth-order valence-corrected chi connectivity index (χ4v) is 2.05. The lowest BCUT2D eigenvalue weighted by molar-refractivity contribution is -0.117. The molecule has 1 amide bonds. The molecule has 0 aliphatic heterocycles. The number of nitrogens with one attached hydrogen (secondary N) is 1. The molecule has 1 saturated carbocycles. The zero-order valence-corrected chi connectivity index (χ0v) is 11.6. The van der Waals surface area contributed by atoms with E-state index in [9.17, 15) is 9.18 Å². The Labute approximate surface area is 117 Å². The van der Waals surface area contributed by atoms with Crippen molar-refractivity contribution < 1.29 is 13.9 Å². The average molecular weight is 281 g/mol. The molecule has 2 rings (SSSR count). The van der Waals surface area contributed by atoms with Gasteiger partial charge in [-0.25, -0.2) is 4.39 Å². The van der Waals surface area contributed by atoms with Gasteiger partial charge in [0.05, 0.1) is 18.8 Å². The van der Waals surface area contributed by atoms with Crippen LogP contribution in [0.1, 0.15) is 12.8 Å². The zero-order valence-electron chi connectivity index (χ0n) is 11.6. The molecule has 0 saturated heterocycles. The molecule has 1 fully saturated rings. The van der Waals surface area contributed by atoms with Gasteiger partial charge in [-0.05, 0) is 31.0 Å². The molecule has 0 unspecified atom stereocenters. The lowest BCUT2D eigenvalue weighted by atomic mass is 10.2. The van der Waals surface area contributed by atoms with Crippen molar-refractivity contribution in [3.63, 3.8) is 0 Å². The summed E-state index contributed by atoms with van der Waals surface area (Å²) in [5, 5.41) is 2.56. The molecule has 6 heteroatoms. The molecule has 0 atom stereocenters. The van der Waals surface area contributed by atoms with Crippen molar-refractivity contribution in [3.8, 4) is 0 Å². The van der Waals surface area contributed by atoms with E-state index in [4.69, 9.17) is 10.5 Å². The van der Waals surface area contributed by atoms with Gasteiger partial charge in [0.25, 0.3) is 0 Å². The van der Waals surface area contributed by atoms with E-state index >= 15 is 0 Å². The Kier molecular flexibility index (Phi) is 4.92. The minimum Gasteiger partial charge on any atom is -0.399 e. The van der Waals surface area contributed by atoms with Gasteiger partial charge in [-0.1, -0.05) is 0 Å². The number of nitrogens with two attached hydrogens (primary N) is 1. The number of hydrogen-bond acceptors (Lipinski definition) is 4. The summed E-state index contributed by atoms with van der Waals surface area (Å²) in [5.41, 5.74) is 6.12. The predicted octanol–water partition coefficient (Wildman–Crippen LogP) is 1.46. The smallest absolute Gasteiger partial charge is 0.238 e. The standard InChI is InChI=1S/C14H20FN3O2/c1-20-7-6-18(11-3-4-11)9-14(19)17-13-8-10(16)2-5-12(13)15/h2,5,8,11H,3-4,6-7,9,16H2,1H3,(H,17,19). The number of anilines is 2. The highest BCUT2D eigenvalue weighted by molar-refractivity contribution is 5.92. The molecular weight excluding hydrogens is 261 g/mol. The summed E-state index contributed by atoms with van der Waals surface area (Å²) in [5.74, 6) is -0.722. The number of carbonyl (C=O) groups is 1. The maximum Gasteiger partial charge on any atom is 0.238 e. The molecule has 0 aromatic heterocycles. The lowest BCUT2D eigenvalue weighted by Crippen LogP contribution is -2.37. The van der Waals surface area contributed by atoms with Crippen LogP contribution in [-0.4, -0.2) is 43.7 Å². The molecule has 1 aliphatic carbocycles. The van der Waals surface area contributed by atoms with E-state index < -0.39 is 5.82 Å². The third-order valence-electron chi connectivity index (χ3n) is 3.26. The first-order valence-corrected chi connectivity index (χ1v) is 6.68. The first-order valence-electron chi connectivity index (χ1n) is 6.68. The van der Waals surface area contributed by atoms with Crippen LogP contribution in [0, 0.1) is 5.82 Å². The zero-order chi connectivity index (χ0) is 14.5. The maximum atomic E-state index is 13.5. The molecule has 5 nitrogen and oxygen atoms in total. The Morgan fingerprint density at radius 1 is 1.55 bits per heavy atom. The highest BCUT2D eigenvalue weighted by Crippen LogP contribution is 2.26. The number of nitrogen functional groups attached to an aromatic ring is 1. The van der Waals surface area contributed by atoms with Crippen LogP contribution >= 0.6 is 0 Å². The number of ether oxygens (including phenoxy) is 1. The summed E-state index contributed by atoms with van der Waals surface area (Å²) in [7, 11) is 1.63. The molecule has 20 heavy (non-hydrogen) atoms. The summed E-state index contributed by atoms with van der Waals surface area (Å²) in [6.45, 7) is 1.52. The van der Waals surface area contributed by atoms with Crippen LogP contribution in [0.3, 0.4) is 0 Å². The van der Waals surface area contributed by atoms with Gasteiger partial charge in [-0.15, -0.1) is 0 Å². The number of hydrogen-bond donors (Lipinski definition) is 2. The van der Waals surface area contributed by atoms with Crippen LogP contribution in [0.2, 0.25) is 0 Å². The largest absolute Gasteiger partial charge is 0.399 e. The van der Waals surface area contributed by atoms with Crippen molar-refractivity contribution in [1.29, 1.82) is 0 Å². The van der Waals surface area contributed by atoms with Gasteiger partial charge in [0.2, 0.25) is 5.91 Å². The highest BCUT2D eigenvalue weighted by atomic mass is 19.1. The van der Waals surface area contributed by atoms with E-state index in [2.05, 4.69) is 10.2 Å². The normalized spacial score (nSPS) is 14.6. The molecule has 1 aromatic carbocycles. The Hall–Kier alpha value is -1.66. The fraction of sp³-hybridized carbons (Fsp3) is 0.500. The first-order chi connectivity index (χ1) is 9.60. The Balaban J connectivity index is 1.91. The Morgan fingerprint density at radius 3 is 2.95 bits per heavy atom. The van der Waals surface area contributed by atoms with Gasteiger partial charge in [0, 0.05) is 25.4 Å². The molecule has 0 radical (unpaired) electrons. The van der Waals surface area contributed by atoms with Crippen molar-refractivity contribution in [3.05, 3.63) is 24.0 Å². The quantitative estimate of drug-likeness (QED) is 0.742. The molecule has 0 heterocycles. The molecule has 1 aromatic rings. The summed E-state index contributed by atoms with van der Waals surface area (Å²) in [6.07, 6.45) is 2.20. The number of amides is 1. The van der Waals surface area contributed by atoms with Gasteiger partial charge < -0.3 is 15.8 Å². The average Bonchev–Trinajstić information content (AvgIpc) is 3.23. The molecule has 0 bridgehead atoms. The van der Waals surface area contributed by atoms with Crippen LogP contribution in [0.5, 0.6) is 0 Å². The topological polar surface area (TPSA) is 67.6 Å². The van der Waals surface area contributed by atoms with Crippen molar-refractivity contribution in [2.24, 2.45) is 0 Å². The van der Waals surface area contributed by atoms with Crippen LogP contribution in [0.25, 0.3) is 0 Å². The number of nitrogens with zero attached hydrogens (tertiary/aromatic N) is 1. The number of rotatable bonds is 7. The number of halogens is 1. The van der Waals surface area contributed by atoms with Crippen LogP contribution in [-0.2, 0) is 9.53 Å². The fourth-order valence-electron chi connectivity index (χ4n) is 2.05. The van der Waals surface area contributed by atoms with Crippen LogP contribution in [0.15, 0.2) is 18.2 Å². The number of benzene rings is 1. The van der Waals surface area contributed by atoms with Gasteiger partial charge in [0.15, 0.2) is 0 Å².